The summed E-state index contributed by atoms with van der Waals surface area (Å²) in [7, 11) is 0. The van der Waals surface area contributed by atoms with Crippen molar-refractivity contribution >= 4 is 23.4 Å². The Bertz CT molecular complexity index is 1070. The number of amides is 1. The summed E-state index contributed by atoms with van der Waals surface area (Å²) in [6, 6.07) is 9.76. The van der Waals surface area contributed by atoms with Crippen LogP contribution in [0.1, 0.15) is 53.5 Å². The zero-order valence-corrected chi connectivity index (χ0v) is 20.0. The van der Waals surface area contributed by atoms with Gasteiger partial charge in [-0.2, -0.15) is 4.98 Å². The monoisotopic (exact) mass is 452 g/mol. The van der Waals surface area contributed by atoms with Crippen LogP contribution in [0, 0.1) is 19.8 Å². The summed E-state index contributed by atoms with van der Waals surface area (Å²) in [5.74, 6) is 2.08. The van der Waals surface area contributed by atoms with Crippen LogP contribution in [0.25, 0.3) is 5.78 Å². The number of nitrogens with zero attached hydrogens (tertiary/aromatic N) is 5. The van der Waals surface area contributed by atoms with Crippen LogP contribution >= 0.6 is 11.8 Å². The minimum absolute atomic E-state index is 0.00966. The van der Waals surface area contributed by atoms with E-state index in [4.69, 9.17) is 0 Å². The third-order valence-electron chi connectivity index (χ3n) is 6.03. The summed E-state index contributed by atoms with van der Waals surface area (Å²) in [6.07, 6.45) is 3.55. The van der Waals surface area contributed by atoms with Crippen LogP contribution in [0.3, 0.4) is 0 Å². The maximum atomic E-state index is 12.8. The number of aromatic nitrogens is 4. The largest absolute Gasteiger partial charge is 0.352 e. The molecule has 0 radical (unpaired) electrons. The molecule has 170 valence electrons. The second kappa shape index (κ2) is 10.4. The van der Waals surface area contributed by atoms with Crippen molar-refractivity contribution < 1.29 is 4.79 Å². The second-order valence-electron chi connectivity index (χ2n) is 8.72. The number of aryl methyl sites for hydroxylation is 2. The molecule has 0 saturated carbocycles. The van der Waals surface area contributed by atoms with E-state index in [1.165, 1.54) is 37.7 Å². The predicted octanol–water partition coefficient (Wildman–Crippen LogP) is 3.89. The molecule has 1 aliphatic heterocycles. The molecule has 3 heterocycles. The summed E-state index contributed by atoms with van der Waals surface area (Å²) in [5.41, 5.74) is 3.64. The first-order chi connectivity index (χ1) is 15.5. The van der Waals surface area contributed by atoms with Crippen LogP contribution in [0.5, 0.6) is 0 Å². The van der Waals surface area contributed by atoms with Crippen LogP contribution < -0.4 is 5.32 Å². The van der Waals surface area contributed by atoms with Crippen molar-refractivity contribution in [3.8, 4) is 0 Å². The van der Waals surface area contributed by atoms with Crippen molar-refractivity contribution in [3.63, 3.8) is 0 Å². The number of piperidine rings is 1. The summed E-state index contributed by atoms with van der Waals surface area (Å²) in [4.78, 5) is 24.3. The fourth-order valence-corrected chi connectivity index (χ4v) is 4.93. The molecule has 0 atom stereocenters. The first-order valence-electron chi connectivity index (χ1n) is 11.4. The highest BCUT2D eigenvalue weighted by molar-refractivity contribution is 7.98. The zero-order chi connectivity index (χ0) is 22.5. The molecule has 1 saturated heterocycles. The van der Waals surface area contributed by atoms with Crippen LogP contribution in [0.2, 0.25) is 0 Å². The van der Waals surface area contributed by atoms with E-state index in [0.29, 0.717) is 23.2 Å². The van der Waals surface area contributed by atoms with Crippen molar-refractivity contribution in [2.45, 2.75) is 50.9 Å². The molecule has 3 aromatic rings. The highest BCUT2D eigenvalue weighted by atomic mass is 32.2. The highest BCUT2D eigenvalue weighted by Crippen LogP contribution is 2.23. The van der Waals surface area contributed by atoms with Crippen molar-refractivity contribution in [3.05, 3.63) is 52.8 Å². The molecular weight excluding hydrogens is 420 g/mol. The number of thioether (sulfide) groups is 1. The Kier molecular flexibility index (Phi) is 7.42. The highest BCUT2D eigenvalue weighted by Gasteiger charge is 2.16. The predicted molar refractivity (Wildman–Crippen MR) is 128 cm³/mol. The molecule has 8 heteroatoms. The molecule has 0 aliphatic carbocycles. The Morgan fingerprint density at radius 1 is 1.19 bits per heavy atom. The molecule has 7 nitrogen and oxygen atoms in total. The topological polar surface area (TPSA) is 75.4 Å². The number of hydrogen-bond donors (Lipinski definition) is 1. The molecule has 4 rings (SSSR count). The van der Waals surface area contributed by atoms with Gasteiger partial charge in [-0.1, -0.05) is 36.9 Å². The summed E-state index contributed by atoms with van der Waals surface area (Å²) >= 11 is 1.52. The maximum Gasteiger partial charge on any atom is 0.253 e. The van der Waals surface area contributed by atoms with Crippen molar-refractivity contribution in [2.24, 2.45) is 5.92 Å². The average Bonchev–Trinajstić information content (AvgIpc) is 3.20. The van der Waals surface area contributed by atoms with Crippen molar-refractivity contribution in [1.82, 2.24) is 29.8 Å². The normalized spacial score (nSPS) is 15.3. The smallest absolute Gasteiger partial charge is 0.253 e. The standard InChI is InChI=1S/C24H32N6OS/c1-17-9-13-29(14-10-17)12-6-11-25-22(31)21-8-5-4-7-20(21)16-32-24-27-23-26-18(2)15-19(3)30(23)28-24/h4-5,7-8,15,17H,6,9-14,16H2,1-3H3,(H,25,31). The van der Waals surface area contributed by atoms with Gasteiger partial charge in [-0.25, -0.2) is 9.50 Å². The van der Waals surface area contributed by atoms with E-state index in [9.17, 15) is 4.79 Å². The minimum Gasteiger partial charge on any atom is -0.352 e. The fraction of sp³-hybridized carbons (Fsp3) is 0.500. The van der Waals surface area contributed by atoms with E-state index in [0.717, 1.165) is 41.4 Å². The fourth-order valence-electron chi connectivity index (χ4n) is 4.10. The molecule has 0 unspecified atom stereocenters. The first kappa shape index (κ1) is 22.7. The van der Waals surface area contributed by atoms with Gasteiger partial charge in [-0.15, -0.1) is 5.10 Å². The molecule has 1 aromatic carbocycles. The van der Waals surface area contributed by atoms with Crippen LogP contribution in [-0.4, -0.2) is 56.6 Å². The molecular formula is C24H32N6OS. The van der Waals surface area contributed by atoms with E-state index in [2.05, 4.69) is 32.2 Å². The molecule has 0 bridgehead atoms. The number of benzene rings is 1. The Hall–Kier alpha value is -2.45. The van der Waals surface area contributed by atoms with Gasteiger partial charge in [0.25, 0.3) is 11.7 Å². The Morgan fingerprint density at radius 3 is 2.78 bits per heavy atom. The summed E-state index contributed by atoms with van der Waals surface area (Å²) in [6.45, 7) is 10.4. The third kappa shape index (κ3) is 5.66. The van der Waals surface area contributed by atoms with E-state index in [1.807, 2.05) is 44.2 Å². The Labute approximate surface area is 194 Å². The number of carbonyl (C=O) groups excluding carboxylic acids is 1. The van der Waals surface area contributed by atoms with Gasteiger partial charge in [-0.3, -0.25) is 4.79 Å². The van der Waals surface area contributed by atoms with E-state index in [-0.39, 0.29) is 5.91 Å². The van der Waals surface area contributed by atoms with Gasteiger partial charge in [0.1, 0.15) is 0 Å². The molecule has 0 spiro atoms. The lowest BCUT2D eigenvalue weighted by atomic mass is 9.99. The molecule has 1 fully saturated rings. The van der Waals surface area contributed by atoms with Gasteiger partial charge in [0, 0.05) is 29.2 Å². The number of fused-ring (bicyclic) bond motifs is 1. The Morgan fingerprint density at radius 2 is 1.97 bits per heavy atom. The van der Waals surface area contributed by atoms with Crippen molar-refractivity contribution in [2.75, 3.05) is 26.2 Å². The molecule has 1 N–H and O–H groups in total. The van der Waals surface area contributed by atoms with Gasteiger partial charge in [-0.05, 0) is 76.4 Å². The lowest BCUT2D eigenvalue weighted by Gasteiger charge is -2.30. The minimum atomic E-state index is -0.00966. The lowest BCUT2D eigenvalue weighted by Crippen LogP contribution is -2.35. The Balaban J connectivity index is 1.31. The number of carbonyl (C=O) groups is 1. The summed E-state index contributed by atoms with van der Waals surface area (Å²) in [5, 5.41) is 8.32. The van der Waals surface area contributed by atoms with E-state index in [1.54, 1.807) is 4.52 Å². The average molecular weight is 453 g/mol. The summed E-state index contributed by atoms with van der Waals surface area (Å²) < 4.78 is 1.76. The lowest BCUT2D eigenvalue weighted by molar-refractivity contribution is 0.0950. The van der Waals surface area contributed by atoms with Gasteiger partial charge in [0.2, 0.25) is 5.16 Å². The molecule has 1 amide bonds. The SMILES string of the molecule is Cc1cc(C)n2nc(SCc3ccccc3C(=O)NCCCN3CCC(C)CC3)nc2n1. The number of nitrogens with one attached hydrogen (secondary N) is 1. The third-order valence-corrected chi connectivity index (χ3v) is 6.92. The van der Waals surface area contributed by atoms with Gasteiger partial charge in [0.05, 0.1) is 0 Å². The molecule has 32 heavy (non-hydrogen) atoms. The zero-order valence-electron chi connectivity index (χ0n) is 19.2. The second-order valence-corrected chi connectivity index (χ2v) is 9.67. The molecule has 2 aromatic heterocycles. The van der Waals surface area contributed by atoms with Gasteiger partial charge >= 0.3 is 0 Å². The van der Waals surface area contributed by atoms with E-state index < -0.39 is 0 Å². The number of rotatable bonds is 8. The first-order valence-corrected chi connectivity index (χ1v) is 12.4. The van der Waals surface area contributed by atoms with Crippen LogP contribution in [-0.2, 0) is 5.75 Å². The maximum absolute atomic E-state index is 12.8. The number of hydrogen-bond acceptors (Lipinski definition) is 6. The van der Waals surface area contributed by atoms with Crippen molar-refractivity contribution in [1.29, 1.82) is 0 Å². The van der Waals surface area contributed by atoms with Crippen LogP contribution in [0.4, 0.5) is 0 Å². The number of likely N-dealkylation sites (tertiary alicyclic amines) is 1. The van der Waals surface area contributed by atoms with Gasteiger partial charge in [0.15, 0.2) is 0 Å². The van der Waals surface area contributed by atoms with Crippen LogP contribution in [0.15, 0.2) is 35.5 Å². The quantitative estimate of drug-likeness (QED) is 0.413. The molecule has 1 aliphatic rings. The van der Waals surface area contributed by atoms with E-state index >= 15 is 0 Å². The van der Waals surface area contributed by atoms with Gasteiger partial charge < -0.3 is 10.2 Å².